The van der Waals surface area contributed by atoms with Gasteiger partial charge in [0.25, 0.3) is 0 Å². The maximum atomic E-state index is 7.81. The second-order valence-electron chi connectivity index (χ2n) is 4.48. The van der Waals surface area contributed by atoms with Crippen LogP contribution in [-0.2, 0) is 12.5 Å². The number of nitrogens with zero attached hydrogens (tertiary/aromatic N) is 1. The number of hydrogen-bond acceptors (Lipinski definition) is 0. The first-order chi connectivity index (χ1) is 12.1. The molecule has 0 saturated heterocycles. The molecule has 0 radical (unpaired) electrons. The number of pyridine rings is 1. The van der Waals surface area contributed by atoms with Crippen molar-refractivity contribution in [1.82, 2.24) is 0 Å². The fraction of sp³-hybridized carbons (Fsp3) is 0.353. The van der Waals surface area contributed by atoms with E-state index in [2.05, 4.69) is 0 Å². The molecule has 0 saturated carbocycles. The van der Waals surface area contributed by atoms with Gasteiger partial charge in [-0.1, -0.05) is 38.8 Å². The van der Waals surface area contributed by atoms with Crippen LogP contribution in [0.4, 0.5) is 0 Å². The number of aromatic nitrogens is 1. The SMILES string of the molecule is [2H]C([2H])([2H])C(c1ccc(-c2ccccc2C)[n+](C)c1)(C([2H])([2H])[2H])C([2H])([2H])[2H]. The van der Waals surface area contributed by atoms with Crippen LogP contribution in [0.15, 0.2) is 42.6 Å². The van der Waals surface area contributed by atoms with Crippen LogP contribution in [0.25, 0.3) is 11.3 Å². The summed E-state index contributed by atoms with van der Waals surface area (Å²) >= 11 is 0. The van der Waals surface area contributed by atoms with E-state index >= 15 is 0 Å². The van der Waals surface area contributed by atoms with Crippen LogP contribution in [-0.4, -0.2) is 0 Å². The molecule has 0 unspecified atom stereocenters. The lowest BCUT2D eigenvalue weighted by Gasteiger charge is -2.17. The van der Waals surface area contributed by atoms with E-state index in [-0.39, 0.29) is 5.56 Å². The molecule has 0 N–H and O–H groups in total. The van der Waals surface area contributed by atoms with Crippen LogP contribution in [0.1, 0.15) is 44.0 Å². The molecule has 0 aliphatic carbocycles. The van der Waals surface area contributed by atoms with Gasteiger partial charge >= 0.3 is 0 Å². The minimum atomic E-state index is -3.26. The molecule has 0 spiro atoms. The first-order valence-electron chi connectivity index (χ1n) is 10.2. The van der Waals surface area contributed by atoms with Crippen LogP contribution in [0.5, 0.6) is 0 Å². The van der Waals surface area contributed by atoms with Crippen LogP contribution in [0.3, 0.4) is 0 Å². The lowest BCUT2D eigenvalue weighted by molar-refractivity contribution is -0.661. The fourth-order valence-corrected chi connectivity index (χ4v) is 1.97. The predicted molar refractivity (Wildman–Crippen MR) is 76.5 cm³/mol. The average molecular weight is 249 g/mol. The molecule has 1 aromatic carbocycles. The van der Waals surface area contributed by atoms with E-state index in [9.17, 15) is 0 Å². The zero-order chi connectivity index (χ0) is 20.8. The van der Waals surface area contributed by atoms with Crippen LogP contribution >= 0.6 is 0 Å². The Morgan fingerprint density at radius 3 is 2.39 bits per heavy atom. The number of hydrogen-bond donors (Lipinski definition) is 0. The molecule has 0 bridgehead atoms. The van der Waals surface area contributed by atoms with Crippen molar-refractivity contribution in [2.75, 3.05) is 0 Å². The van der Waals surface area contributed by atoms with Gasteiger partial charge in [-0.15, -0.1) is 0 Å². The minimum absolute atomic E-state index is 0.262. The van der Waals surface area contributed by atoms with E-state index in [1.807, 2.05) is 31.2 Å². The zero-order valence-corrected chi connectivity index (χ0v) is 10.5. The zero-order valence-electron chi connectivity index (χ0n) is 19.5. The Morgan fingerprint density at radius 2 is 1.78 bits per heavy atom. The molecule has 0 aliphatic rings. The summed E-state index contributed by atoms with van der Waals surface area (Å²) in [6, 6.07) is 10.4. The van der Waals surface area contributed by atoms with Gasteiger partial charge in [0.05, 0.1) is 0 Å². The van der Waals surface area contributed by atoms with Crippen molar-refractivity contribution < 1.29 is 16.9 Å². The molecule has 0 amide bonds. The summed E-state index contributed by atoms with van der Waals surface area (Å²) < 4.78 is 71.9. The van der Waals surface area contributed by atoms with Crippen molar-refractivity contribution in [2.24, 2.45) is 7.05 Å². The Bertz CT molecular complexity index is 795. The van der Waals surface area contributed by atoms with Crippen molar-refractivity contribution in [2.45, 2.75) is 32.9 Å². The third kappa shape index (κ3) is 2.45. The Labute approximate surface area is 123 Å². The maximum Gasteiger partial charge on any atom is 0.212 e. The van der Waals surface area contributed by atoms with E-state index in [1.165, 1.54) is 12.3 Å². The lowest BCUT2D eigenvalue weighted by Crippen LogP contribution is -2.33. The molecule has 1 heterocycles. The summed E-state index contributed by atoms with van der Waals surface area (Å²) in [6.07, 6.45) is 1.30. The highest BCUT2D eigenvalue weighted by atomic mass is 14.9. The molecule has 1 heteroatoms. The molecule has 1 nitrogen and oxygen atoms in total. The topological polar surface area (TPSA) is 3.88 Å². The van der Waals surface area contributed by atoms with Crippen LogP contribution in [0.2, 0.25) is 0 Å². The van der Waals surface area contributed by atoms with E-state index < -0.39 is 26.0 Å². The molecule has 1 aromatic heterocycles. The van der Waals surface area contributed by atoms with E-state index in [0.29, 0.717) is 5.69 Å². The van der Waals surface area contributed by atoms with Gasteiger partial charge in [-0.25, -0.2) is 4.57 Å². The van der Waals surface area contributed by atoms with Crippen LogP contribution < -0.4 is 4.57 Å². The first-order valence-corrected chi connectivity index (χ1v) is 5.71. The molecule has 2 rings (SSSR count). The Balaban J connectivity index is 2.80. The first kappa shape index (κ1) is 5.56. The Kier molecular flexibility index (Phi) is 1.41. The Hall–Kier alpha value is -1.63. The fourth-order valence-electron chi connectivity index (χ4n) is 1.97. The summed E-state index contributed by atoms with van der Waals surface area (Å²) in [5, 5.41) is 0. The maximum absolute atomic E-state index is 7.81. The van der Waals surface area contributed by atoms with E-state index in [1.54, 1.807) is 17.7 Å². The highest BCUT2D eigenvalue weighted by Gasteiger charge is 2.19. The summed E-state index contributed by atoms with van der Waals surface area (Å²) in [5.41, 5.74) is -0.673. The second-order valence-corrected chi connectivity index (χ2v) is 4.48. The molecule has 0 atom stereocenters. The predicted octanol–water partition coefficient (Wildman–Crippen LogP) is 3.78. The molecule has 0 aliphatic heterocycles. The highest BCUT2D eigenvalue weighted by molar-refractivity contribution is 5.60. The average Bonchev–Trinajstić information content (AvgIpc) is 2.44. The lowest BCUT2D eigenvalue weighted by atomic mass is 9.88. The number of benzene rings is 1. The quantitative estimate of drug-likeness (QED) is 0.677. The second kappa shape index (κ2) is 4.56. The van der Waals surface area contributed by atoms with Gasteiger partial charge < -0.3 is 0 Å². The van der Waals surface area contributed by atoms with Crippen molar-refractivity contribution in [1.29, 1.82) is 0 Å². The number of rotatable bonds is 1. The molecular formula is C17H22N+. The van der Waals surface area contributed by atoms with Crippen molar-refractivity contribution in [3.05, 3.63) is 53.7 Å². The molecule has 18 heavy (non-hydrogen) atoms. The summed E-state index contributed by atoms with van der Waals surface area (Å²) in [6.45, 7) is -7.87. The standard InChI is InChI=1S/C17H22N/c1-13-8-6-7-9-15(13)16-11-10-14(12-18(16)5)17(2,3)4/h6-12H,1-5H3/q+1/i2D3,3D3,4D3. The number of aryl methyl sites for hydroxylation is 2. The molecular weight excluding hydrogens is 218 g/mol. The van der Waals surface area contributed by atoms with Gasteiger partial charge in [0.15, 0.2) is 6.20 Å². The summed E-state index contributed by atoms with van der Waals surface area (Å²) in [7, 11) is 1.63. The summed E-state index contributed by atoms with van der Waals surface area (Å²) in [5.74, 6) is 0. The highest BCUT2D eigenvalue weighted by Crippen LogP contribution is 2.24. The van der Waals surface area contributed by atoms with Crippen molar-refractivity contribution in [3.8, 4) is 11.3 Å². The minimum Gasteiger partial charge on any atom is -0.201 e. The van der Waals surface area contributed by atoms with Gasteiger partial charge in [-0.2, -0.15) is 0 Å². The van der Waals surface area contributed by atoms with Gasteiger partial charge in [0, 0.05) is 29.5 Å². The van der Waals surface area contributed by atoms with Gasteiger partial charge in [0.2, 0.25) is 5.69 Å². The Morgan fingerprint density at radius 1 is 1.06 bits per heavy atom. The summed E-state index contributed by atoms with van der Waals surface area (Å²) in [4.78, 5) is 0. The molecule has 94 valence electrons. The normalized spacial score (nSPS) is 21.1. The third-order valence-electron chi connectivity index (χ3n) is 2.99. The monoisotopic (exact) mass is 249 g/mol. The van der Waals surface area contributed by atoms with Crippen molar-refractivity contribution in [3.63, 3.8) is 0 Å². The smallest absolute Gasteiger partial charge is 0.201 e. The van der Waals surface area contributed by atoms with Gasteiger partial charge in [-0.05, 0) is 30.0 Å². The molecule has 2 aromatic rings. The largest absolute Gasteiger partial charge is 0.212 e. The van der Waals surface area contributed by atoms with Gasteiger partial charge in [0.1, 0.15) is 7.05 Å². The molecule has 0 fully saturated rings. The van der Waals surface area contributed by atoms with E-state index in [0.717, 1.165) is 11.1 Å². The van der Waals surface area contributed by atoms with Crippen molar-refractivity contribution >= 4 is 0 Å². The third-order valence-corrected chi connectivity index (χ3v) is 2.99. The van der Waals surface area contributed by atoms with Crippen LogP contribution in [0, 0.1) is 6.92 Å². The van der Waals surface area contributed by atoms with E-state index in [4.69, 9.17) is 12.3 Å². The van der Waals surface area contributed by atoms with Gasteiger partial charge in [-0.3, -0.25) is 0 Å².